The van der Waals surface area contributed by atoms with Crippen LogP contribution in [0.1, 0.15) is 18.2 Å². The Morgan fingerprint density at radius 1 is 1.68 bits per heavy atom. The van der Waals surface area contributed by atoms with E-state index in [1.165, 1.54) is 11.3 Å². The number of thiazole rings is 1. The highest BCUT2D eigenvalue weighted by molar-refractivity contribution is 7.91. The van der Waals surface area contributed by atoms with Crippen LogP contribution in [0.5, 0.6) is 0 Å². The van der Waals surface area contributed by atoms with Crippen molar-refractivity contribution in [2.75, 3.05) is 23.5 Å². The van der Waals surface area contributed by atoms with Gasteiger partial charge in [0.05, 0.1) is 17.2 Å². The maximum atomic E-state index is 11.4. The zero-order valence-electron chi connectivity index (χ0n) is 10.3. The third-order valence-electron chi connectivity index (χ3n) is 3.15. The summed E-state index contributed by atoms with van der Waals surface area (Å²) in [6.45, 7) is 0. The summed E-state index contributed by atoms with van der Waals surface area (Å²) in [5.41, 5.74) is 5.77. The molecule has 1 aliphatic heterocycles. The quantitative estimate of drug-likeness (QED) is 0.795. The fraction of sp³-hybridized carbons (Fsp3) is 0.600. The van der Waals surface area contributed by atoms with Gasteiger partial charge in [-0.25, -0.2) is 13.4 Å². The molecule has 1 aromatic heterocycles. The first kappa shape index (κ1) is 14.2. The lowest BCUT2D eigenvalue weighted by Gasteiger charge is -2.22. The fourth-order valence-corrected chi connectivity index (χ4v) is 4.62. The topological polar surface area (TPSA) is 114 Å². The van der Waals surface area contributed by atoms with Gasteiger partial charge in [-0.1, -0.05) is 0 Å². The number of aromatic nitrogens is 1. The average molecular weight is 305 g/mol. The van der Waals surface area contributed by atoms with Gasteiger partial charge >= 0.3 is 5.97 Å². The van der Waals surface area contributed by atoms with Crippen LogP contribution < -0.4 is 10.6 Å². The maximum Gasteiger partial charge on any atom is 0.326 e. The summed E-state index contributed by atoms with van der Waals surface area (Å²) in [5, 5.41) is 11.0. The van der Waals surface area contributed by atoms with Crippen LogP contribution in [0.3, 0.4) is 0 Å². The number of aliphatic carboxylic acids is 1. The van der Waals surface area contributed by atoms with E-state index in [1.54, 1.807) is 17.3 Å². The van der Waals surface area contributed by atoms with E-state index >= 15 is 0 Å². The van der Waals surface area contributed by atoms with E-state index in [4.69, 9.17) is 10.8 Å². The second-order valence-electron chi connectivity index (χ2n) is 4.54. The summed E-state index contributed by atoms with van der Waals surface area (Å²) in [5.74, 6) is -0.832. The van der Waals surface area contributed by atoms with Gasteiger partial charge in [0.15, 0.2) is 15.0 Å². The summed E-state index contributed by atoms with van der Waals surface area (Å²) in [6, 6.07) is -1.25. The van der Waals surface area contributed by atoms with Crippen LogP contribution in [-0.2, 0) is 14.6 Å². The van der Waals surface area contributed by atoms with Gasteiger partial charge in [-0.15, -0.1) is 11.3 Å². The number of nitrogens with zero attached hydrogens (tertiary/aromatic N) is 2. The third-order valence-corrected chi connectivity index (χ3v) is 5.85. The lowest BCUT2D eigenvalue weighted by atomic mass is 10.2. The maximum absolute atomic E-state index is 11.4. The predicted molar refractivity (Wildman–Crippen MR) is 72.1 cm³/mol. The summed E-state index contributed by atoms with van der Waals surface area (Å²) in [7, 11) is -1.19. The van der Waals surface area contributed by atoms with Crippen molar-refractivity contribution in [1.82, 2.24) is 4.98 Å². The number of carboxylic acids is 1. The molecule has 0 bridgehead atoms. The van der Waals surface area contributed by atoms with Crippen molar-refractivity contribution < 1.29 is 18.3 Å². The summed E-state index contributed by atoms with van der Waals surface area (Å²) >= 11 is 1.27. The third kappa shape index (κ3) is 3.04. The molecular formula is C10H15N3O4S2. The zero-order chi connectivity index (χ0) is 14.2. The van der Waals surface area contributed by atoms with Crippen molar-refractivity contribution in [2.24, 2.45) is 5.73 Å². The van der Waals surface area contributed by atoms with Gasteiger partial charge in [-0.2, -0.15) is 0 Å². The molecule has 0 spiro atoms. The van der Waals surface area contributed by atoms with E-state index in [9.17, 15) is 13.2 Å². The molecule has 0 radical (unpaired) electrons. The Labute approximate surface area is 115 Å². The second kappa shape index (κ2) is 5.06. The second-order valence-corrected chi connectivity index (χ2v) is 7.60. The number of anilines is 1. The van der Waals surface area contributed by atoms with E-state index in [0.29, 0.717) is 17.2 Å². The SMILES string of the molecule is CN(c1nc(C(N)C(=O)O)cs1)C1CCS(=O)(=O)C1. The molecule has 2 unspecified atom stereocenters. The first-order valence-corrected chi connectivity index (χ1v) is 8.37. The number of carboxylic acid groups (broad SMARTS) is 1. The first-order chi connectivity index (χ1) is 8.80. The minimum absolute atomic E-state index is 0.106. The monoisotopic (exact) mass is 305 g/mol. The predicted octanol–water partition coefficient (Wildman–Crippen LogP) is -0.149. The van der Waals surface area contributed by atoms with Crippen molar-refractivity contribution in [2.45, 2.75) is 18.5 Å². The van der Waals surface area contributed by atoms with Crippen LogP contribution in [0.15, 0.2) is 5.38 Å². The fourth-order valence-electron chi connectivity index (χ4n) is 1.94. The molecule has 2 atom stereocenters. The Morgan fingerprint density at radius 2 is 2.37 bits per heavy atom. The van der Waals surface area contributed by atoms with Gasteiger partial charge in [-0.3, -0.25) is 4.79 Å². The Bertz CT molecular complexity index is 583. The highest BCUT2D eigenvalue weighted by atomic mass is 32.2. The van der Waals surface area contributed by atoms with Crippen LogP contribution in [0.2, 0.25) is 0 Å². The van der Waals surface area contributed by atoms with Crippen molar-refractivity contribution in [1.29, 1.82) is 0 Å². The molecule has 2 heterocycles. The molecule has 2 rings (SSSR count). The van der Waals surface area contributed by atoms with E-state index in [-0.39, 0.29) is 17.5 Å². The molecule has 0 saturated carbocycles. The molecule has 3 N–H and O–H groups in total. The molecule has 1 aliphatic rings. The summed E-state index contributed by atoms with van der Waals surface area (Å²) in [6.07, 6.45) is 0.568. The van der Waals surface area contributed by atoms with Gasteiger partial charge in [0.25, 0.3) is 0 Å². The number of hydrogen-bond donors (Lipinski definition) is 2. The number of rotatable bonds is 4. The Hall–Kier alpha value is -1.19. The van der Waals surface area contributed by atoms with Gasteiger partial charge in [-0.05, 0) is 6.42 Å². The van der Waals surface area contributed by atoms with Crippen molar-refractivity contribution in [3.8, 4) is 0 Å². The van der Waals surface area contributed by atoms with E-state index in [0.717, 1.165) is 0 Å². The normalized spacial score (nSPS) is 23.2. The smallest absolute Gasteiger partial charge is 0.326 e. The Kier molecular flexibility index (Phi) is 3.79. The van der Waals surface area contributed by atoms with Crippen molar-refractivity contribution >= 4 is 32.3 Å². The number of sulfone groups is 1. The Morgan fingerprint density at radius 3 is 2.89 bits per heavy atom. The van der Waals surface area contributed by atoms with Crippen LogP contribution in [0.4, 0.5) is 5.13 Å². The molecule has 1 saturated heterocycles. The molecule has 0 amide bonds. The summed E-state index contributed by atoms with van der Waals surface area (Å²) in [4.78, 5) is 16.7. The van der Waals surface area contributed by atoms with Crippen LogP contribution in [0.25, 0.3) is 0 Å². The molecule has 106 valence electrons. The highest BCUT2D eigenvalue weighted by Crippen LogP contribution is 2.27. The molecule has 0 aromatic carbocycles. The lowest BCUT2D eigenvalue weighted by molar-refractivity contribution is -0.138. The van der Waals surface area contributed by atoms with Crippen molar-refractivity contribution in [3.63, 3.8) is 0 Å². The van der Waals surface area contributed by atoms with Crippen LogP contribution in [0, 0.1) is 0 Å². The number of hydrogen-bond acceptors (Lipinski definition) is 7. The standard InChI is InChI=1S/C10H15N3O4S2/c1-13(6-2-3-19(16,17)5-6)10-12-7(4-18-10)8(11)9(14)15/h4,6,8H,2-3,5,11H2,1H3,(H,14,15). The Balaban J connectivity index is 2.13. The molecule has 7 nitrogen and oxygen atoms in total. The van der Waals surface area contributed by atoms with E-state index in [2.05, 4.69) is 4.98 Å². The highest BCUT2D eigenvalue weighted by Gasteiger charge is 2.32. The zero-order valence-corrected chi connectivity index (χ0v) is 11.9. The van der Waals surface area contributed by atoms with Gasteiger partial charge in [0.2, 0.25) is 0 Å². The molecule has 1 aromatic rings. The largest absolute Gasteiger partial charge is 0.480 e. The average Bonchev–Trinajstić information content (AvgIpc) is 2.93. The van der Waals surface area contributed by atoms with Crippen molar-refractivity contribution in [3.05, 3.63) is 11.1 Å². The number of carbonyl (C=O) groups is 1. The number of nitrogens with two attached hydrogens (primary N) is 1. The van der Waals surface area contributed by atoms with Gasteiger partial charge in [0, 0.05) is 18.5 Å². The van der Waals surface area contributed by atoms with Crippen LogP contribution in [-0.4, -0.2) is 49.1 Å². The van der Waals surface area contributed by atoms with Gasteiger partial charge < -0.3 is 15.7 Å². The van der Waals surface area contributed by atoms with Gasteiger partial charge in [0.1, 0.15) is 6.04 Å². The summed E-state index contributed by atoms with van der Waals surface area (Å²) < 4.78 is 22.9. The van der Waals surface area contributed by atoms with Crippen LogP contribution >= 0.6 is 11.3 Å². The molecule has 9 heteroatoms. The molecule has 1 fully saturated rings. The van der Waals surface area contributed by atoms with E-state index in [1.807, 2.05) is 0 Å². The minimum Gasteiger partial charge on any atom is -0.480 e. The first-order valence-electron chi connectivity index (χ1n) is 5.67. The molecule has 19 heavy (non-hydrogen) atoms. The molecule has 0 aliphatic carbocycles. The lowest BCUT2D eigenvalue weighted by Crippen LogP contribution is -2.32. The minimum atomic E-state index is -2.96. The molecular weight excluding hydrogens is 290 g/mol. The van der Waals surface area contributed by atoms with E-state index < -0.39 is 21.8 Å².